The number of rotatable bonds is 5. The summed E-state index contributed by atoms with van der Waals surface area (Å²) in [5.74, 6) is -0.137. The molecule has 1 saturated heterocycles. The summed E-state index contributed by atoms with van der Waals surface area (Å²) in [6.07, 6.45) is 4.00. The highest BCUT2D eigenvalue weighted by Crippen LogP contribution is 2.15. The number of carbonyl (C=O) groups is 1. The second-order valence-corrected chi connectivity index (χ2v) is 7.06. The summed E-state index contributed by atoms with van der Waals surface area (Å²) in [7, 11) is 0. The molecule has 0 spiro atoms. The van der Waals surface area contributed by atoms with Crippen LogP contribution in [-0.2, 0) is 13.1 Å². The molecule has 5 heteroatoms. The molecule has 1 aliphatic heterocycles. The number of aromatic amines is 1. The third kappa shape index (κ3) is 3.63. The Morgan fingerprint density at radius 2 is 1.73 bits per heavy atom. The van der Waals surface area contributed by atoms with E-state index in [9.17, 15) is 4.79 Å². The van der Waals surface area contributed by atoms with Crippen LogP contribution < -0.4 is 10.2 Å². The maximum absolute atomic E-state index is 12.6. The van der Waals surface area contributed by atoms with Gasteiger partial charge >= 0.3 is 0 Å². The van der Waals surface area contributed by atoms with Gasteiger partial charge in [-0.2, -0.15) is 5.10 Å². The Morgan fingerprint density at radius 1 is 1.00 bits per heavy atom. The van der Waals surface area contributed by atoms with Crippen LogP contribution in [0, 0.1) is 0 Å². The number of para-hydroxylation sites is 1. The van der Waals surface area contributed by atoms with Gasteiger partial charge in [0, 0.05) is 17.5 Å². The van der Waals surface area contributed by atoms with E-state index in [1.54, 1.807) is 4.90 Å². The molecule has 0 atom stereocenters. The smallest absolute Gasteiger partial charge is 0.272 e. The predicted octanol–water partition coefficient (Wildman–Crippen LogP) is 2.06. The minimum absolute atomic E-state index is 0.137. The average molecular weight is 349 g/mol. The molecule has 1 aliphatic rings. The normalized spacial score (nSPS) is 15.2. The number of quaternary nitrogens is 1. The lowest BCUT2D eigenvalue weighted by molar-refractivity contribution is -0.918. The number of carbonyl (C=O) groups excluding carboxylic acids is 1. The quantitative estimate of drug-likeness (QED) is 0.660. The molecule has 3 N–H and O–H groups in total. The molecule has 0 saturated carbocycles. The summed E-state index contributed by atoms with van der Waals surface area (Å²) in [6, 6.07) is 16.1. The zero-order chi connectivity index (χ0) is 17.8. The summed E-state index contributed by atoms with van der Waals surface area (Å²) >= 11 is 0. The number of aromatic nitrogens is 2. The zero-order valence-corrected chi connectivity index (χ0v) is 14.9. The Hall–Kier alpha value is -2.66. The molecule has 2 aromatic carbocycles. The Bertz CT molecular complexity index is 896. The Labute approximate surface area is 153 Å². The van der Waals surface area contributed by atoms with E-state index in [0.29, 0.717) is 12.2 Å². The van der Waals surface area contributed by atoms with Gasteiger partial charge < -0.3 is 10.2 Å². The van der Waals surface area contributed by atoms with Gasteiger partial charge in [0.25, 0.3) is 5.91 Å². The highest BCUT2D eigenvalue weighted by molar-refractivity contribution is 6.04. The van der Waals surface area contributed by atoms with Gasteiger partial charge in [0.2, 0.25) is 0 Å². The summed E-state index contributed by atoms with van der Waals surface area (Å²) < 4.78 is 0. The van der Waals surface area contributed by atoms with Gasteiger partial charge in [-0.15, -0.1) is 0 Å². The maximum atomic E-state index is 12.6. The third-order valence-corrected chi connectivity index (χ3v) is 5.24. The minimum Gasteiger partial charge on any atom is -0.347 e. The van der Waals surface area contributed by atoms with Gasteiger partial charge in [0.15, 0.2) is 5.69 Å². The first-order valence-corrected chi connectivity index (χ1v) is 9.43. The SMILES string of the molecule is O=C(NCc1ccccc1C[NH+]1CCCCC1)c1n[nH]c2ccccc12. The molecule has 4 rings (SSSR count). The maximum Gasteiger partial charge on any atom is 0.272 e. The van der Waals surface area contributed by atoms with Crippen LogP contribution in [0.2, 0.25) is 0 Å². The van der Waals surface area contributed by atoms with E-state index in [2.05, 4.69) is 33.7 Å². The van der Waals surface area contributed by atoms with E-state index in [-0.39, 0.29) is 5.91 Å². The van der Waals surface area contributed by atoms with Crippen molar-refractivity contribution < 1.29 is 9.69 Å². The van der Waals surface area contributed by atoms with Gasteiger partial charge in [0.1, 0.15) is 6.54 Å². The van der Waals surface area contributed by atoms with Crippen molar-refractivity contribution in [2.24, 2.45) is 0 Å². The molecule has 1 aromatic heterocycles. The molecular weight excluding hydrogens is 324 g/mol. The highest BCUT2D eigenvalue weighted by atomic mass is 16.1. The first-order chi connectivity index (χ1) is 12.8. The summed E-state index contributed by atoms with van der Waals surface area (Å²) in [5, 5.41) is 11.0. The fourth-order valence-electron chi connectivity index (χ4n) is 3.80. The van der Waals surface area contributed by atoms with Crippen molar-refractivity contribution in [1.29, 1.82) is 0 Å². The minimum atomic E-state index is -0.137. The van der Waals surface area contributed by atoms with E-state index in [1.807, 2.05) is 30.3 Å². The van der Waals surface area contributed by atoms with Crippen molar-refractivity contribution >= 4 is 16.8 Å². The molecule has 1 amide bonds. The van der Waals surface area contributed by atoms with Gasteiger partial charge in [0.05, 0.1) is 18.6 Å². The van der Waals surface area contributed by atoms with Gasteiger partial charge in [-0.05, 0) is 30.9 Å². The number of fused-ring (bicyclic) bond motifs is 1. The Balaban J connectivity index is 1.45. The third-order valence-electron chi connectivity index (χ3n) is 5.24. The zero-order valence-electron chi connectivity index (χ0n) is 14.9. The summed E-state index contributed by atoms with van der Waals surface area (Å²) in [5.41, 5.74) is 3.86. The number of benzene rings is 2. The van der Waals surface area contributed by atoms with Crippen LogP contribution in [0.4, 0.5) is 0 Å². The first kappa shape index (κ1) is 16.8. The highest BCUT2D eigenvalue weighted by Gasteiger charge is 2.17. The lowest BCUT2D eigenvalue weighted by Gasteiger charge is -2.24. The topological polar surface area (TPSA) is 62.2 Å². The number of piperidine rings is 1. The monoisotopic (exact) mass is 349 g/mol. The van der Waals surface area contributed by atoms with Crippen LogP contribution >= 0.6 is 0 Å². The number of H-pyrrole nitrogens is 1. The predicted molar refractivity (Wildman–Crippen MR) is 102 cm³/mol. The number of nitrogens with zero attached hydrogens (tertiary/aromatic N) is 1. The molecule has 0 aliphatic carbocycles. The number of nitrogens with one attached hydrogen (secondary N) is 3. The molecule has 134 valence electrons. The lowest BCUT2D eigenvalue weighted by Crippen LogP contribution is -3.11. The van der Waals surface area contributed by atoms with Crippen molar-refractivity contribution in [3.8, 4) is 0 Å². The van der Waals surface area contributed by atoms with Gasteiger partial charge in [-0.3, -0.25) is 9.89 Å². The molecule has 3 aromatic rings. The molecule has 0 unspecified atom stereocenters. The van der Waals surface area contributed by atoms with Crippen molar-refractivity contribution in [3.05, 3.63) is 65.4 Å². The fraction of sp³-hybridized carbons (Fsp3) is 0.333. The fourth-order valence-corrected chi connectivity index (χ4v) is 3.80. The average Bonchev–Trinajstić information content (AvgIpc) is 3.12. The van der Waals surface area contributed by atoms with Gasteiger partial charge in [-0.1, -0.05) is 42.5 Å². The molecule has 26 heavy (non-hydrogen) atoms. The Kier molecular flexibility index (Phi) is 4.97. The van der Waals surface area contributed by atoms with Crippen molar-refractivity contribution in [3.63, 3.8) is 0 Å². The first-order valence-electron chi connectivity index (χ1n) is 9.43. The van der Waals surface area contributed by atoms with Crippen LogP contribution in [0.1, 0.15) is 40.9 Å². The second kappa shape index (κ2) is 7.70. The van der Waals surface area contributed by atoms with Crippen LogP contribution in [-0.4, -0.2) is 29.2 Å². The number of likely N-dealkylation sites (tertiary alicyclic amines) is 1. The van der Waals surface area contributed by atoms with Gasteiger partial charge in [-0.25, -0.2) is 0 Å². The number of hydrogen-bond acceptors (Lipinski definition) is 2. The molecule has 1 fully saturated rings. The molecular formula is C21H25N4O+. The lowest BCUT2D eigenvalue weighted by atomic mass is 10.0. The second-order valence-electron chi connectivity index (χ2n) is 7.06. The van der Waals surface area contributed by atoms with E-state index >= 15 is 0 Å². The standard InChI is InChI=1S/C21H24N4O/c26-21(20-18-10-4-5-11-19(18)23-24-20)22-14-16-8-2-3-9-17(16)15-25-12-6-1-7-13-25/h2-5,8-11H,1,6-7,12-15H2,(H,22,26)(H,23,24)/p+1. The van der Waals surface area contributed by atoms with Crippen LogP contribution in [0.25, 0.3) is 10.9 Å². The molecule has 0 radical (unpaired) electrons. The number of amides is 1. The molecule has 2 heterocycles. The Morgan fingerprint density at radius 3 is 2.58 bits per heavy atom. The van der Waals surface area contributed by atoms with Crippen molar-refractivity contribution in [2.45, 2.75) is 32.4 Å². The van der Waals surface area contributed by atoms with E-state index in [4.69, 9.17) is 0 Å². The summed E-state index contributed by atoms with van der Waals surface area (Å²) in [6.45, 7) is 4.07. The molecule has 5 nitrogen and oxygen atoms in total. The van der Waals surface area contributed by atoms with Crippen molar-refractivity contribution in [1.82, 2.24) is 15.5 Å². The van der Waals surface area contributed by atoms with E-state index in [1.165, 1.54) is 43.5 Å². The van der Waals surface area contributed by atoms with E-state index in [0.717, 1.165) is 17.4 Å². The van der Waals surface area contributed by atoms with Crippen LogP contribution in [0.3, 0.4) is 0 Å². The van der Waals surface area contributed by atoms with Crippen molar-refractivity contribution in [2.75, 3.05) is 13.1 Å². The van der Waals surface area contributed by atoms with Crippen LogP contribution in [0.5, 0.6) is 0 Å². The summed E-state index contributed by atoms with van der Waals surface area (Å²) in [4.78, 5) is 14.2. The largest absolute Gasteiger partial charge is 0.347 e. The molecule has 0 bridgehead atoms. The van der Waals surface area contributed by atoms with Crippen LogP contribution in [0.15, 0.2) is 48.5 Å². The van der Waals surface area contributed by atoms with E-state index < -0.39 is 0 Å². The number of hydrogen-bond donors (Lipinski definition) is 3.